The highest BCUT2D eigenvalue weighted by Crippen LogP contribution is 2.07. The van der Waals surface area contributed by atoms with Crippen LogP contribution in [0.25, 0.3) is 0 Å². The van der Waals surface area contributed by atoms with E-state index < -0.39 is 0 Å². The average Bonchev–Trinajstić information content (AvgIpc) is 2.01. The third-order valence-corrected chi connectivity index (χ3v) is 2.70. The molecular weight excluding hydrogens is 366 g/mol. The van der Waals surface area contributed by atoms with Crippen LogP contribution >= 0.6 is 45.2 Å². The zero-order valence-corrected chi connectivity index (χ0v) is 10.8. The van der Waals surface area contributed by atoms with Crippen LogP contribution in [0.5, 0.6) is 0 Å². The topological polar surface area (TPSA) is 20.2 Å². The van der Waals surface area contributed by atoms with Gasteiger partial charge in [-0.3, -0.25) is 0 Å². The zero-order chi connectivity index (χ0) is 8.53. The van der Waals surface area contributed by atoms with E-state index in [9.17, 15) is 5.11 Å². The first-order chi connectivity index (χ1) is 5.31. The maximum atomic E-state index is 9.37. The Bertz CT molecular complexity index is 104. The Hall–Kier alpha value is 1.16. The van der Waals surface area contributed by atoms with Crippen molar-refractivity contribution in [1.29, 1.82) is 0 Å². The minimum atomic E-state index is -0.0858. The van der Waals surface area contributed by atoms with Gasteiger partial charge in [0.2, 0.25) is 0 Å². The second-order valence-corrected chi connectivity index (χ2v) is 4.22. The van der Waals surface area contributed by atoms with Gasteiger partial charge in [0.25, 0.3) is 0 Å². The minimum Gasteiger partial charge on any atom is -0.393 e. The van der Waals surface area contributed by atoms with Gasteiger partial charge < -0.3 is 5.11 Å². The molecule has 66 valence electrons. The first-order valence-electron chi connectivity index (χ1n) is 3.80. The van der Waals surface area contributed by atoms with Gasteiger partial charge in [0, 0.05) is 0 Å². The van der Waals surface area contributed by atoms with Crippen LogP contribution in [0.3, 0.4) is 0 Å². The first kappa shape index (κ1) is 12.2. The van der Waals surface area contributed by atoms with Gasteiger partial charge in [-0.2, -0.15) is 0 Å². The predicted molar refractivity (Wildman–Crippen MR) is 66.5 cm³/mol. The molecule has 11 heavy (non-hydrogen) atoms. The summed E-state index contributed by atoms with van der Waals surface area (Å²) in [5, 5.41) is 9.37. The number of aliphatic hydroxyl groups excluding tert-OH is 1. The summed E-state index contributed by atoms with van der Waals surface area (Å²) in [6.45, 7) is 0. The van der Waals surface area contributed by atoms with Gasteiger partial charge in [-0.05, 0) is 34.2 Å². The molecule has 0 aliphatic rings. The third-order valence-electron chi connectivity index (χ3n) is 1.43. The van der Waals surface area contributed by atoms with E-state index in [0.717, 1.165) is 30.1 Å². The van der Waals surface area contributed by atoms with Crippen molar-refractivity contribution >= 4 is 45.2 Å². The van der Waals surface area contributed by atoms with Crippen molar-refractivity contribution in [3.8, 4) is 0 Å². The van der Waals surface area contributed by atoms with Crippen molar-refractivity contribution in [1.82, 2.24) is 0 Å². The number of aliphatic hydroxyl groups is 1. The highest BCUT2D eigenvalue weighted by molar-refractivity contribution is 14.1. The molecule has 0 aromatic carbocycles. The van der Waals surface area contributed by atoms with E-state index in [-0.39, 0.29) is 6.10 Å². The third kappa shape index (κ3) is 9.07. The lowest BCUT2D eigenvalue weighted by molar-refractivity contribution is 0.155. The van der Waals surface area contributed by atoms with Crippen molar-refractivity contribution in [3.63, 3.8) is 0 Å². The smallest absolute Gasteiger partial charge is 0.0543 e. The summed E-state index contributed by atoms with van der Waals surface area (Å²) >= 11 is 4.54. The van der Waals surface area contributed by atoms with Crippen LogP contribution < -0.4 is 0 Å². The molecule has 0 aliphatic carbocycles. The maximum absolute atomic E-state index is 9.37. The fraction of sp³-hybridized carbons (Fsp3) is 0.750. The van der Waals surface area contributed by atoms with Gasteiger partial charge in [-0.15, -0.1) is 0 Å². The molecule has 0 saturated carbocycles. The lowest BCUT2D eigenvalue weighted by Crippen LogP contribution is -2.05. The van der Waals surface area contributed by atoms with Gasteiger partial charge in [-0.1, -0.05) is 51.3 Å². The summed E-state index contributed by atoms with van der Waals surface area (Å²) < 4.78 is 3.15. The summed E-state index contributed by atoms with van der Waals surface area (Å²) in [6, 6.07) is 0. The SMILES string of the molecule is OC(CCC=CI)CCCI. The van der Waals surface area contributed by atoms with Crippen molar-refractivity contribution in [2.24, 2.45) is 0 Å². The van der Waals surface area contributed by atoms with E-state index in [1.165, 1.54) is 0 Å². The molecule has 0 aromatic rings. The molecule has 0 fully saturated rings. The van der Waals surface area contributed by atoms with Gasteiger partial charge >= 0.3 is 0 Å². The quantitative estimate of drug-likeness (QED) is 0.554. The van der Waals surface area contributed by atoms with Crippen LogP contribution in [0.15, 0.2) is 10.2 Å². The minimum absolute atomic E-state index is 0.0858. The fourth-order valence-corrected chi connectivity index (χ4v) is 1.61. The molecule has 0 radical (unpaired) electrons. The van der Waals surface area contributed by atoms with Gasteiger partial charge in [-0.25, -0.2) is 0 Å². The molecule has 0 bridgehead atoms. The molecule has 0 amide bonds. The Morgan fingerprint density at radius 2 is 2.09 bits per heavy atom. The monoisotopic (exact) mass is 380 g/mol. The number of rotatable bonds is 6. The van der Waals surface area contributed by atoms with E-state index in [0.29, 0.717) is 0 Å². The normalized spacial score (nSPS) is 14.1. The number of halogens is 2. The lowest BCUT2D eigenvalue weighted by atomic mass is 10.1. The molecule has 1 atom stereocenters. The predicted octanol–water partition coefficient (Wildman–Crippen LogP) is 3.29. The van der Waals surface area contributed by atoms with Gasteiger partial charge in [0.15, 0.2) is 0 Å². The molecule has 0 saturated heterocycles. The Labute approximate surface area is 95.9 Å². The van der Waals surface area contributed by atoms with Gasteiger partial charge in [0.1, 0.15) is 0 Å². The molecule has 1 unspecified atom stereocenters. The summed E-state index contributed by atoms with van der Waals surface area (Å²) in [5.41, 5.74) is 0. The van der Waals surface area contributed by atoms with Crippen LogP contribution in [-0.2, 0) is 0 Å². The molecule has 0 spiro atoms. The zero-order valence-electron chi connectivity index (χ0n) is 6.47. The maximum Gasteiger partial charge on any atom is 0.0543 e. The van der Waals surface area contributed by atoms with E-state index in [2.05, 4.69) is 51.3 Å². The van der Waals surface area contributed by atoms with E-state index >= 15 is 0 Å². The standard InChI is InChI=1S/C8H14I2O/c9-6-2-1-4-8(11)5-3-7-10/h2,6,8,11H,1,3-5,7H2. The molecule has 0 aromatic heterocycles. The van der Waals surface area contributed by atoms with Crippen molar-refractivity contribution < 1.29 is 5.11 Å². The Morgan fingerprint density at radius 1 is 1.36 bits per heavy atom. The molecular formula is C8H14I2O. The summed E-state index contributed by atoms with van der Waals surface area (Å²) in [4.78, 5) is 0. The van der Waals surface area contributed by atoms with Crippen molar-refractivity contribution in [2.45, 2.75) is 31.8 Å². The van der Waals surface area contributed by atoms with E-state index in [4.69, 9.17) is 0 Å². The van der Waals surface area contributed by atoms with Crippen molar-refractivity contribution in [2.75, 3.05) is 4.43 Å². The highest BCUT2D eigenvalue weighted by atomic mass is 127. The molecule has 0 aliphatic heterocycles. The second kappa shape index (κ2) is 9.25. The average molecular weight is 380 g/mol. The summed E-state index contributed by atoms with van der Waals surface area (Å²) in [7, 11) is 0. The van der Waals surface area contributed by atoms with Crippen LogP contribution in [0, 0.1) is 0 Å². The first-order valence-corrected chi connectivity index (χ1v) is 6.57. The number of alkyl halides is 1. The van der Waals surface area contributed by atoms with Gasteiger partial charge in [0.05, 0.1) is 6.10 Å². The number of hydrogen-bond donors (Lipinski definition) is 1. The summed E-state index contributed by atoms with van der Waals surface area (Å²) in [6.07, 6.45) is 6.01. The number of hydrogen-bond acceptors (Lipinski definition) is 1. The van der Waals surface area contributed by atoms with Crippen molar-refractivity contribution in [3.05, 3.63) is 10.2 Å². The molecule has 0 heterocycles. The molecule has 1 nitrogen and oxygen atoms in total. The van der Waals surface area contributed by atoms with Crippen LogP contribution in [0.1, 0.15) is 25.7 Å². The van der Waals surface area contributed by atoms with E-state index in [1.807, 2.05) is 4.08 Å². The Balaban J connectivity index is 3.15. The summed E-state index contributed by atoms with van der Waals surface area (Å²) in [5.74, 6) is 0. The largest absolute Gasteiger partial charge is 0.393 e. The lowest BCUT2D eigenvalue weighted by Gasteiger charge is -2.06. The number of allylic oxidation sites excluding steroid dienone is 1. The van der Waals surface area contributed by atoms with E-state index in [1.54, 1.807) is 0 Å². The molecule has 0 rings (SSSR count). The Morgan fingerprint density at radius 3 is 2.64 bits per heavy atom. The van der Waals surface area contributed by atoms with Crippen LogP contribution in [-0.4, -0.2) is 15.6 Å². The Kier molecular flexibility index (Phi) is 10.2. The fourth-order valence-electron chi connectivity index (χ4n) is 0.809. The molecule has 1 N–H and O–H groups in total. The second-order valence-electron chi connectivity index (χ2n) is 2.42. The highest BCUT2D eigenvalue weighted by Gasteiger charge is 2.00. The van der Waals surface area contributed by atoms with Crippen LogP contribution in [0.2, 0.25) is 0 Å². The van der Waals surface area contributed by atoms with Crippen LogP contribution in [0.4, 0.5) is 0 Å². The molecule has 3 heteroatoms.